The van der Waals surface area contributed by atoms with Gasteiger partial charge in [0.15, 0.2) is 0 Å². The molecule has 3 heterocycles. The van der Waals surface area contributed by atoms with Crippen molar-refractivity contribution in [1.29, 1.82) is 0 Å². The SMILES string of the molecule is CCOC[C@@H]1CN(Cc2ccco2)Cc2c1cnn2C. The molecule has 1 atom stereocenters. The molecule has 2 aromatic heterocycles. The van der Waals surface area contributed by atoms with Crippen molar-refractivity contribution in [2.75, 3.05) is 19.8 Å². The molecular formula is C15H21N3O2. The first-order chi connectivity index (χ1) is 9.78. The van der Waals surface area contributed by atoms with Crippen LogP contribution in [0.3, 0.4) is 0 Å². The molecule has 1 aliphatic heterocycles. The molecule has 0 saturated carbocycles. The van der Waals surface area contributed by atoms with Gasteiger partial charge >= 0.3 is 0 Å². The van der Waals surface area contributed by atoms with Gasteiger partial charge < -0.3 is 9.15 Å². The number of nitrogens with zero attached hydrogens (tertiary/aromatic N) is 3. The minimum Gasteiger partial charge on any atom is -0.468 e. The van der Waals surface area contributed by atoms with E-state index in [0.717, 1.165) is 38.6 Å². The van der Waals surface area contributed by atoms with Gasteiger partial charge in [-0.1, -0.05) is 0 Å². The highest BCUT2D eigenvalue weighted by Crippen LogP contribution is 2.29. The Balaban J connectivity index is 1.77. The minimum atomic E-state index is 0.391. The normalized spacial score (nSPS) is 19.2. The molecular weight excluding hydrogens is 254 g/mol. The second kappa shape index (κ2) is 5.81. The number of aryl methyl sites for hydroxylation is 1. The molecule has 5 nitrogen and oxygen atoms in total. The smallest absolute Gasteiger partial charge is 0.117 e. The maximum Gasteiger partial charge on any atom is 0.117 e. The average molecular weight is 275 g/mol. The summed E-state index contributed by atoms with van der Waals surface area (Å²) in [6.45, 7) is 6.27. The Morgan fingerprint density at radius 2 is 2.40 bits per heavy atom. The highest BCUT2D eigenvalue weighted by Gasteiger charge is 2.28. The zero-order valence-electron chi connectivity index (χ0n) is 12.1. The van der Waals surface area contributed by atoms with Gasteiger partial charge in [0.25, 0.3) is 0 Å². The number of hydrogen-bond donors (Lipinski definition) is 0. The molecule has 0 aromatic carbocycles. The van der Waals surface area contributed by atoms with Gasteiger partial charge in [-0.05, 0) is 19.1 Å². The van der Waals surface area contributed by atoms with E-state index in [2.05, 4.69) is 10.00 Å². The molecule has 5 heteroatoms. The first-order valence-corrected chi connectivity index (χ1v) is 7.11. The highest BCUT2D eigenvalue weighted by molar-refractivity contribution is 5.26. The van der Waals surface area contributed by atoms with Gasteiger partial charge in [-0.3, -0.25) is 9.58 Å². The molecule has 0 spiro atoms. The molecule has 1 aliphatic rings. The molecule has 108 valence electrons. The number of ether oxygens (including phenoxy) is 1. The van der Waals surface area contributed by atoms with Crippen molar-refractivity contribution >= 4 is 0 Å². The first kappa shape index (κ1) is 13.4. The van der Waals surface area contributed by atoms with Crippen LogP contribution in [-0.4, -0.2) is 34.4 Å². The summed E-state index contributed by atoms with van der Waals surface area (Å²) in [5.74, 6) is 1.40. The van der Waals surface area contributed by atoms with Gasteiger partial charge in [0, 0.05) is 38.2 Å². The molecule has 0 amide bonds. The topological polar surface area (TPSA) is 43.4 Å². The Morgan fingerprint density at radius 3 is 3.15 bits per heavy atom. The number of rotatable bonds is 5. The number of furan rings is 1. The third kappa shape index (κ3) is 2.64. The van der Waals surface area contributed by atoms with Crippen LogP contribution < -0.4 is 0 Å². The summed E-state index contributed by atoms with van der Waals surface area (Å²) in [6.07, 6.45) is 3.72. The van der Waals surface area contributed by atoms with Gasteiger partial charge in [-0.25, -0.2) is 0 Å². The Morgan fingerprint density at radius 1 is 1.50 bits per heavy atom. The molecule has 2 aromatic rings. The lowest BCUT2D eigenvalue weighted by Gasteiger charge is -2.32. The van der Waals surface area contributed by atoms with Crippen LogP contribution in [0.5, 0.6) is 0 Å². The van der Waals surface area contributed by atoms with Gasteiger partial charge in [0.1, 0.15) is 5.76 Å². The molecule has 3 rings (SSSR count). The Bertz CT molecular complexity index is 547. The van der Waals surface area contributed by atoms with E-state index in [-0.39, 0.29) is 0 Å². The van der Waals surface area contributed by atoms with Crippen LogP contribution in [0.15, 0.2) is 29.0 Å². The fourth-order valence-electron chi connectivity index (χ4n) is 2.85. The molecule has 0 radical (unpaired) electrons. The summed E-state index contributed by atoms with van der Waals surface area (Å²) < 4.78 is 13.1. The van der Waals surface area contributed by atoms with Crippen molar-refractivity contribution in [2.45, 2.75) is 25.9 Å². The zero-order valence-corrected chi connectivity index (χ0v) is 12.1. The van der Waals surface area contributed by atoms with Crippen LogP contribution in [0.2, 0.25) is 0 Å². The lowest BCUT2D eigenvalue weighted by atomic mass is 9.95. The minimum absolute atomic E-state index is 0.391. The fraction of sp³-hybridized carbons (Fsp3) is 0.533. The maximum absolute atomic E-state index is 5.64. The summed E-state index contributed by atoms with van der Waals surface area (Å²) in [5, 5.41) is 4.40. The summed E-state index contributed by atoms with van der Waals surface area (Å²) in [6, 6.07) is 3.96. The van der Waals surface area contributed by atoms with E-state index in [1.54, 1.807) is 6.26 Å². The van der Waals surface area contributed by atoms with E-state index in [1.165, 1.54) is 11.3 Å². The summed E-state index contributed by atoms with van der Waals surface area (Å²) in [4.78, 5) is 2.40. The van der Waals surface area contributed by atoms with Crippen molar-refractivity contribution in [1.82, 2.24) is 14.7 Å². The van der Waals surface area contributed by atoms with Gasteiger partial charge in [0.2, 0.25) is 0 Å². The van der Waals surface area contributed by atoms with Crippen LogP contribution >= 0.6 is 0 Å². The van der Waals surface area contributed by atoms with Gasteiger partial charge in [-0.15, -0.1) is 0 Å². The Labute approximate surface area is 119 Å². The number of hydrogen-bond acceptors (Lipinski definition) is 4. The van der Waals surface area contributed by atoms with Crippen molar-refractivity contribution in [3.8, 4) is 0 Å². The van der Waals surface area contributed by atoms with Crippen LogP contribution in [0, 0.1) is 0 Å². The summed E-state index contributed by atoms with van der Waals surface area (Å²) >= 11 is 0. The monoisotopic (exact) mass is 275 g/mol. The predicted octanol–water partition coefficient (Wildman–Crippen LogP) is 2.15. The first-order valence-electron chi connectivity index (χ1n) is 7.11. The second-order valence-electron chi connectivity index (χ2n) is 5.28. The van der Waals surface area contributed by atoms with E-state index < -0.39 is 0 Å². The summed E-state index contributed by atoms with van der Waals surface area (Å²) in [7, 11) is 2.01. The molecule has 0 N–H and O–H groups in total. The van der Waals surface area contributed by atoms with E-state index in [0.29, 0.717) is 5.92 Å². The van der Waals surface area contributed by atoms with E-state index >= 15 is 0 Å². The van der Waals surface area contributed by atoms with E-state index in [4.69, 9.17) is 9.15 Å². The van der Waals surface area contributed by atoms with Gasteiger partial charge in [0.05, 0.1) is 31.3 Å². The van der Waals surface area contributed by atoms with Crippen molar-refractivity contribution < 1.29 is 9.15 Å². The lowest BCUT2D eigenvalue weighted by molar-refractivity contribution is 0.102. The quantitative estimate of drug-likeness (QED) is 0.838. The third-order valence-electron chi connectivity index (χ3n) is 3.87. The molecule has 0 unspecified atom stereocenters. The third-order valence-corrected chi connectivity index (χ3v) is 3.87. The van der Waals surface area contributed by atoms with E-state index in [1.807, 2.05) is 37.0 Å². The largest absolute Gasteiger partial charge is 0.468 e. The van der Waals surface area contributed by atoms with Crippen LogP contribution in [0.4, 0.5) is 0 Å². The van der Waals surface area contributed by atoms with Crippen molar-refractivity contribution in [3.05, 3.63) is 41.6 Å². The fourth-order valence-corrected chi connectivity index (χ4v) is 2.85. The van der Waals surface area contributed by atoms with Crippen LogP contribution in [0.1, 0.15) is 29.9 Å². The Kier molecular flexibility index (Phi) is 3.89. The van der Waals surface area contributed by atoms with Gasteiger partial charge in [-0.2, -0.15) is 5.10 Å². The second-order valence-corrected chi connectivity index (χ2v) is 5.28. The van der Waals surface area contributed by atoms with Crippen molar-refractivity contribution in [2.24, 2.45) is 7.05 Å². The molecule has 0 bridgehead atoms. The molecule has 20 heavy (non-hydrogen) atoms. The molecule has 0 fully saturated rings. The molecule has 0 aliphatic carbocycles. The number of aromatic nitrogens is 2. The lowest BCUT2D eigenvalue weighted by Crippen LogP contribution is -2.35. The Hall–Kier alpha value is -1.59. The van der Waals surface area contributed by atoms with Crippen molar-refractivity contribution in [3.63, 3.8) is 0 Å². The number of fused-ring (bicyclic) bond motifs is 1. The highest BCUT2D eigenvalue weighted by atomic mass is 16.5. The van der Waals surface area contributed by atoms with E-state index in [9.17, 15) is 0 Å². The molecule has 0 saturated heterocycles. The van der Waals surface area contributed by atoms with Crippen LogP contribution in [0.25, 0.3) is 0 Å². The summed E-state index contributed by atoms with van der Waals surface area (Å²) in [5.41, 5.74) is 2.61. The zero-order chi connectivity index (χ0) is 13.9. The maximum atomic E-state index is 5.64. The standard InChI is InChI=1S/C15H21N3O2/c1-3-19-11-12-8-18(9-13-5-4-6-20-13)10-15-14(12)7-16-17(15)2/h4-7,12H,3,8-11H2,1-2H3/t12-/m0/s1. The predicted molar refractivity (Wildman–Crippen MR) is 75.3 cm³/mol. The van der Waals surface area contributed by atoms with Crippen LogP contribution in [-0.2, 0) is 24.9 Å². The average Bonchev–Trinajstić information content (AvgIpc) is 3.07.